The number of allylic oxidation sites excluding steroid dienone is 2. The molecule has 30 heavy (non-hydrogen) atoms. The number of methoxy groups -OCH3 is 2. The van der Waals surface area contributed by atoms with Crippen LogP contribution in [0.15, 0.2) is 24.3 Å². The number of hydrogen-bond donors (Lipinski definition) is 1. The van der Waals surface area contributed by atoms with Gasteiger partial charge in [0, 0.05) is 25.5 Å². The lowest BCUT2D eigenvalue weighted by Gasteiger charge is -2.54. The Hall–Kier alpha value is -1.36. The molecule has 2 fully saturated rings. The maximum Gasteiger partial charge on any atom is 0.0929 e. The minimum Gasteiger partial charge on any atom is -0.398 e. The quantitative estimate of drug-likeness (QED) is 0.607. The fourth-order valence-corrected chi connectivity index (χ4v) is 6.06. The van der Waals surface area contributed by atoms with Gasteiger partial charge in [0.2, 0.25) is 0 Å². The summed E-state index contributed by atoms with van der Waals surface area (Å²) in [6.07, 6.45) is 11.2. The van der Waals surface area contributed by atoms with Crippen molar-refractivity contribution in [2.45, 2.75) is 82.3 Å². The second-order valence-corrected chi connectivity index (χ2v) is 10.7. The van der Waals surface area contributed by atoms with Gasteiger partial charge in [0.05, 0.1) is 24.4 Å². The van der Waals surface area contributed by atoms with Crippen molar-refractivity contribution >= 4 is 11.3 Å². The summed E-state index contributed by atoms with van der Waals surface area (Å²) in [6, 6.07) is 6.72. The topological polar surface area (TPSA) is 53.7 Å². The number of anilines is 1. The van der Waals surface area contributed by atoms with Crippen molar-refractivity contribution in [2.24, 2.45) is 5.41 Å². The third kappa shape index (κ3) is 4.32. The summed E-state index contributed by atoms with van der Waals surface area (Å²) >= 11 is 0. The van der Waals surface area contributed by atoms with E-state index in [1.807, 2.05) is 0 Å². The maximum absolute atomic E-state index is 6.74. The first-order chi connectivity index (χ1) is 14.3. The molecule has 0 aromatic heterocycles. The lowest BCUT2D eigenvalue weighted by Crippen LogP contribution is -2.58. The number of fused-ring (bicyclic) bond motifs is 2. The Morgan fingerprint density at radius 2 is 1.70 bits per heavy atom. The molecule has 2 saturated heterocycles. The zero-order chi connectivity index (χ0) is 21.4. The number of benzene rings is 1. The monoisotopic (exact) mass is 413 g/mol. The fourth-order valence-electron chi connectivity index (χ4n) is 6.06. The largest absolute Gasteiger partial charge is 0.398 e. The van der Waals surface area contributed by atoms with E-state index in [9.17, 15) is 0 Å². The Morgan fingerprint density at radius 1 is 1.03 bits per heavy atom. The molecule has 1 aliphatic carbocycles. The van der Waals surface area contributed by atoms with E-state index in [-0.39, 0.29) is 11.2 Å². The Morgan fingerprint density at radius 3 is 2.27 bits per heavy atom. The van der Waals surface area contributed by atoms with Crippen molar-refractivity contribution in [3.05, 3.63) is 35.4 Å². The van der Waals surface area contributed by atoms with Crippen molar-refractivity contribution in [2.75, 3.05) is 33.2 Å². The highest BCUT2D eigenvalue weighted by Gasteiger charge is 2.52. The molecule has 4 nitrogen and oxygen atoms in total. The van der Waals surface area contributed by atoms with Crippen LogP contribution in [0.3, 0.4) is 0 Å². The van der Waals surface area contributed by atoms with Crippen molar-refractivity contribution in [3.8, 4) is 0 Å². The van der Waals surface area contributed by atoms with E-state index < -0.39 is 0 Å². The molecular weight excluding hydrogens is 374 g/mol. The summed E-state index contributed by atoms with van der Waals surface area (Å²) in [5.41, 5.74) is 11.4. The molecule has 0 saturated carbocycles. The van der Waals surface area contributed by atoms with Gasteiger partial charge in [-0.15, -0.1) is 0 Å². The van der Waals surface area contributed by atoms with E-state index in [1.54, 1.807) is 14.2 Å². The molecule has 1 aromatic carbocycles. The standard InChI is InChI=1S/C26H39NO3/c1-24(2)12-8-19(9-13-24)22-14-20(6-7-23(22)27)21-15-25(17-28-3)10-5-11-26(16-21,30-25)18-29-4/h6-8,14,21H,5,9-13,15-18,27H2,1-4H3/t21-,25-,26+. The molecule has 166 valence electrons. The molecule has 3 aliphatic rings. The Balaban J connectivity index is 1.65. The Labute approximate surface area is 182 Å². The molecule has 2 heterocycles. The van der Waals surface area contributed by atoms with Crippen LogP contribution < -0.4 is 5.73 Å². The van der Waals surface area contributed by atoms with Crippen LogP contribution in [-0.2, 0) is 14.2 Å². The zero-order valence-corrected chi connectivity index (χ0v) is 19.3. The van der Waals surface area contributed by atoms with Crippen LogP contribution >= 0.6 is 0 Å². The lowest BCUT2D eigenvalue weighted by molar-refractivity contribution is -0.254. The summed E-state index contributed by atoms with van der Waals surface area (Å²) in [5, 5.41) is 0. The highest BCUT2D eigenvalue weighted by atomic mass is 16.6. The second-order valence-electron chi connectivity index (χ2n) is 10.7. The van der Waals surface area contributed by atoms with Gasteiger partial charge in [-0.25, -0.2) is 0 Å². The molecule has 2 N–H and O–H groups in total. The van der Waals surface area contributed by atoms with Crippen molar-refractivity contribution in [1.29, 1.82) is 0 Å². The van der Waals surface area contributed by atoms with E-state index in [0.29, 0.717) is 24.5 Å². The van der Waals surface area contributed by atoms with Gasteiger partial charge in [-0.1, -0.05) is 26.0 Å². The molecule has 1 aromatic rings. The van der Waals surface area contributed by atoms with Gasteiger partial charge in [-0.2, -0.15) is 0 Å². The van der Waals surface area contributed by atoms with Gasteiger partial charge in [0.15, 0.2) is 0 Å². The number of hydrogen-bond acceptors (Lipinski definition) is 4. The molecule has 0 spiro atoms. The first kappa shape index (κ1) is 21.9. The van der Waals surface area contributed by atoms with Gasteiger partial charge in [0.1, 0.15) is 0 Å². The third-order valence-electron chi connectivity index (χ3n) is 7.62. The minimum atomic E-state index is -0.204. The summed E-state index contributed by atoms with van der Waals surface area (Å²) in [4.78, 5) is 0. The number of ether oxygens (including phenoxy) is 3. The van der Waals surface area contributed by atoms with Gasteiger partial charge in [-0.3, -0.25) is 0 Å². The van der Waals surface area contributed by atoms with E-state index in [4.69, 9.17) is 19.9 Å². The number of nitrogens with two attached hydrogens (primary N) is 1. The second kappa shape index (κ2) is 8.29. The van der Waals surface area contributed by atoms with Crippen molar-refractivity contribution in [3.63, 3.8) is 0 Å². The first-order valence-corrected chi connectivity index (χ1v) is 11.6. The van der Waals surface area contributed by atoms with Crippen LogP contribution in [0.4, 0.5) is 5.69 Å². The number of nitrogen functional groups attached to an aromatic ring is 1. The van der Waals surface area contributed by atoms with E-state index in [1.165, 1.54) is 29.5 Å². The van der Waals surface area contributed by atoms with Gasteiger partial charge >= 0.3 is 0 Å². The molecule has 4 rings (SSSR count). The number of rotatable bonds is 6. The lowest BCUT2D eigenvalue weighted by atomic mass is 9.68. The van der Waals surface area contributed by atoms with Crippen LogP contribution in [0.2, 0.25) is 0 Å². The molecule has 2 aliphatic heterocycles. The minimum absolute atomic E-state index is 0.204. The Kier molecular flexibility index (Phi) is 6.04. The Bertz CT molecular complexity index is 771. The molecule has 0 amide bonds. The summed E-state index contributed by atoms with van der Waals surface area (Å²) in [5.74, 6) is 0.435. The average Bonchev–Trinajstić information content (AvgIpc) is 2.68. The van der Waals surface area contributed by atoms with Crippen LogP contribution in [0.25, 0.3) is 5.57 Å². The highest BCUT2D eigenvalue weighted by molar-refractivity contribution is 5.76. The van der Waals surface area contributed by atoms with Gasteiger partial charge < -0.3 is 19.9 Å². The molecule has 0 unspecified atom stereocenters. The predicted molar refractivity (Wildman–Crippen MR) is 123 cm³/mol. The third-order valence-corrected chi connectivity index (χ3v) is 7.62. The van der Waals surface area contributed by atoms with Gasteiger partial charge in [-0.05, 0) is 86.0 Å². The smallest absolute Gasteiger partial charge is 0.0929 e. The van der Waals surface area contributed by atoms with Crippen LogP contribution in [0.1, 0.15) is 82.3 Å². The molecule has 3 atom stereocenters. The molecular formula is C26H39NO3. The zero-order valence-electron chi connectivity index (χ0n) is 19.3. The fraction of sp³-hybridized carbons (Fsp3) is 0.692. The SMILES string of the molecule is COC[C@@]12CCC[C@@](COC)(C[C@H](c3ccc(N)c(C4=CCC(C)(C)CC4)c3)C1)O2. The van der Waals surface area contributed by atoms with Crippen LogP contribution in [-0.4, -0.2) is 38.6 Å². The van der Waals surface area contributed by atoms with E-state index >= 15 is 0 Å². The van der Waals surface area contributed by atoms with Crippen molar-refractivity contribution in [1.82, 2.24) is 0 Å². The highest BCUT2D eigenvalue weighted by Crippen LogP contribution is 2.52. The maximum atomic E-state index is 6.74. The van der Waals surface area contributed by atoms with E-state index in [2.05, 4.69) is 38.1 Å². The van der Waals surface area contributed by atoms with Crippen LogP contribution in [0, 0.1) is 5.41 Å². The van der Waals surface area contributed by atoms with Gasteiger partial charge in [0.25, 0.3) is 0 Å². The molecule has 2 bridgehead atoms. The molecule has 4 heteroatoms. The predicted octanol–water partition coefficient (Wildman–Crippen LogP) is 5.71. The molecule has 0 radical (unpaired) electrons. The summed E-state index contributed by atoms with van der Waals surface area (Å²) in [7, 11) is 3.57. The van der Waals surface area contributed by atoms with Crippen LogP contribution in [0.5, 0.6) is 0 Å². The van der Waals surface area contributed by atoms with E-state index in [0.717, 1.165) is 44.2 Å². The normalized spacial score (nSPS) is 33.2. The average molecular weight is 414 g/mol. The first-order valence-electron chi connectivity index (χ1n) is 11.6. The van der Waals surface area contributed by atoms with Crippen molar-refractivity contribution < 1.29 is 14.2 Å². The summed E-state index contributed by atoms with van der Waals surface area (Å²) < 4.78 is 18.0. The summed E-state index contributed by atoms with van der Waals surface area (Å²) in [6.45, 7) is 6.00.